The van der Waals surface area contributed by atoms with E-state index in [9.17, 15) is 4.79 Å². The van der Waals surface area contributed by atoms with Crippen LogP contribution in [-0.4, -0.2) is 38.7 Å². The average molecular weight is 403 g/mol. The quantitative estimate of drug-likeness (QED) is 0.629. The van der Waals surface area contributed by atoms with Crippen LogP contribution in [0.3, 0.4) is 0 Å². The van der Waals surface area contributed by atoms with Gasteiger partial charge in [-0.05, 0) is 59.5 Å². The number of amides is 1. The number of methoxy groups -OCH3 is 3. The van der Waals surface area contributed by atoms with Crippen LogP contribution in [0.15, 0.2) is 66.7 Å². The number of benzene rings is 3. The highest BCUT2D eigenvalue weighted by atomic mass is 16.5. The normalized spacial score (nSPS) is 15.3. The van der Waals surface area contributed by atoms with E-state index in [2.05, 4.69) is 0 Å². The molecule has 0 aliphatic carbocycles. The van der Waals surface area contributed by atoms with E-state index >= 15 is 0 Å². The second-order valence-electron chi connectivity index (χ2n) is 7.20. The van der Waals surface area contributed by atoms with Gasteiger partial charge in [0.1, 0.15) is 5.75 Å². The number of hydrogen-bond donors (Lipinski definition) is 0. The minimum absolute atomic E-state index is 0.0110. The fraction of sp³-hybridized carbons (Fsp3) is 0.240. The van der Waals surface area contributed by atoms with E-state index in [1.54, 1.807) is 21.3 Å². The Morgan fingerprint density at radius 3 is 2.17 bits per heavy atom. The molecule has 3 aromatic carbocycles. The van der Waals surface area contributed by atoms with E-state index in [1.165, 1.54) is 0 Å². The molecule has 0 fully saturated rings. The van der Waals surface area contributed by atoms with E-state index in [-0.39, 0.29) is 11.9 Å². The zero-order valence-corrected chi connectivity index (χ0v) is 17.4. The van der Waals surface area contributed by atoms with Gasteiger partial charge in [0.05, 0.1) is 27.4 Å². The largest absolute Gasteiger partial charge is 0.497 e. The van der Waals surface area contributed by atoms with Crippen LogP contribution in [0.1, 0.15) is 33.1 Å². The molecule has 1 atom stereocenters. The van der Waals surface area contributed by atoms with Gasteiger partial charge in [-0.2, -0.15) is 0 Å². The lowest BCUT2D eigenvalue weighted by atomic mass is 9.87. The zero-order valence-electron chi connectivity index (χ0n) is 17.4. The van der Waals surface area contributed by atoms with Gasteiger partial charge >= 0.3 is 0 Å². The molecule has 154 valence electrons. The number of fused-ring (bicyclic) bond motifs is 1. The van der Waals surface area contributed by atoms with Gasteiger partial charge in [0.2, 0.25) is 0 Å². The lowest BCUT2D eigenvalue weighted by Crippen LogP contribution is -2.40. The first kappa shape index (κ1) is 19.8. The monoisotopic (exact) mass is 403 g/mol. The predicted molar refractivity (Wildman–Crippen MR) is 116 cm³/mol. The van der Waals surface area contributed by atoms with Gasteiger partial charge in [0, 0.05) is 12.1 Å². The molecule has 4 rings (SSSR count). The Bertz CT molecular complexity index is 1030. The third-order valence-corrected chi connectivity index (χ3v) is 5.59. The topological polar surface area (TPSA) is 48.0 Å². The third-order valence-electron chi connectivity index (χ3n) is 5.59. The van der Waals surface area contributed by atoms with Crippen LogP contribution in [0.4, 0.5) is 0 Å². The highest BCUT2D eigenvalue weighted by molar-refractivity contribution is 5.95. The van der Waals surface area contributed by atoms with E-state index in [1.807, 2.05) is 71.6 Å². The molecule has 0 aromatic heterocycles. The maximum absolute atomic E-state index is 13.4. The fourth-order valence-corrected chi connectivity index (χ4v) is 4.06. The summed E-state index contributed by atoms with van der Waals surface area (Å²) in [5.41, 5.74) is 3.91. The van der Waals surface area contributed by atoms with Crippen molar-refractivity contribution in [1.82, 2.24) is 4.90 Å². The van der Waals surface area contributed by atoms with Crippen LogP contribution < -0.4 is 14.2 Å². The van der Waals surface area contributed by atoms with Crippen molar-refractivity contribution in [2.45, 2.75) is 12.5 Å². The van der Waals surface area contributed by atoms with E-state index in [0.717, 1.165) is 28.9 Å². The van der Waals surface area contributed by atoms with Gasteiger partial charge in [-0.15, -0.1) is 0 Å². The summed E-state index contributed by atoms with van der Waals surface area (Å²) in [5.74, 6) is 2.15. The van der Waals surface area contributed by atoms with Crippen molar-refractivity contribution in [3.05, 3.63) is 89.0 Å². The highest BCUT2D eigenvalue weighted by Crippen LogP contribution is 2.41. The van der Waals surface area contributed by atoms with Crippen LogP contribution in [0.2, 0.25) is 0 Å². The van der Waals surface area contributed by atoms with Crippen molar-refractivity contribution < 1.29 is 19.0 Å². The maximum Gasteiger partial charge on any atom is 0.254 e. The standard InChI is InChI=1S/C25H25NO4/c1-28-20-11-9-17(10-12-20)24-21-16-23(30-3)22(29-2)15-19(21)13-14-26(24)25(27)18-7-5-4-6-8-18/h4-12,15-16,24H,13-14H2,1-3H3. The Morgan fingerprint density at radius 2 is 1.53 bits per heavy atom. The first-order valence-corrected chi connectivity index (χ1v) is 9.91. The average Bonchev–Trinajstić information content (AvgIpc) is 2.82. The molecule has 1 aliphatic rings. The lowest BCUT2D eigenvalue weighted by Gasteiger charge is -2.38. The fourth-order valence-electron chi connectivity index (χ4n) is 4.06. The Kier molecular flexibility index (Phi) is 5.61. The van der Waals surface area contributed by atoms with Gasteiger partial charge in [0.25, 0.3) is 5.91 Å². The van der Waals surface area contributed by atoms with Gasteiger partial charge in [-0.3, -0.25) is 4.79 Å². The molecule has 3 aromatic rings. The SMILES string of the molecule is COc1ccc(C2c3cc(OC)c(OC)cc3CCN2C(=O)c2ccccc2)cc1. The molecule has 0 N–H and O–H groups in total. The molecule has 1 amide bonds. The number of hydrogen-bond acceptors (Lipinski definition) is 4. The molecule has 0 saturated heterocycles. The minimum atomic E-state index is -0.229. The van der Waals surface area contributed by atoms with E-state index in [0.29, 0.717) is 23.6 Å². The van der Waals surface area contributed by atoms with Crippen molar-refractivity contribution in [3.63, 3.8) is 0 Å². The molecule has 1 heterocycles. The van der Waals surface area contributed by atoms with Crippen molar-refractivity contribution in [2.24, 2.45) is 0 Å². The first-order chi connectivity index (χ1) is 14.7. The van der Waals surface area contributed by atoms with Gasteiger partial charge in [-0.25, -0.2) is 0 Å². The molecule has 0 bridgehead atoms. The molecule has 1 aliphatic heterocycles. The number of carbonyl (C=O) groups is 1. The molecule has 0 saturated carbocycles. The Labute approximate surface area is 176 Å². The highest BCUT2D eigenvalue weighted by Gasteiger charge is 2.33. The summed E-state index contributed by atoms with van der Waals surface area (Å²) in [6.45, 7) is 0.618. The number of nitrogens with zero attached hydrogens (tertiary/aromatic N) is 1. The molecular formula is C25H25NO4. The molecule has 0 radical (unpaired) electrons. The number of carbonyl (C=O) groups excluding carboxylic acids is 1. The van der Waals surface area contributed by atoms with Crippen molar-refractivity contribution in [3.8, 4) is 17.2 Å². The van der Waals surface area contributed by atoms with E-state index < -0.39 is 0 Å². The number of ether oxygens (including phenoxy) is 3. The molecule has 1 unspecified atom stereocenters. The lowest BCUT2D eigenvalue weighted by molar-refractivity contribution is 0.0694. The Morgan fingerprint density at radius 1 is 0.867 bits per heavy atom. The second-order valence-corrected chi connectivity index (χ2v) is 7.20. The van der Waals surface area contributed by atoms with Crippen LogP contribution in [0, 0.1) is 0 Å². The molecule has 5 nitrogen and oxygen atoms in total. The summed E-state index contributed by atoms with van der Waals surface area (Å²) in [5, 5.41) is 0. The predicted octanol–water partition coefficient (Wildman–Crippen LogP) is 4.50. The summed E-state index contributed by atoms with van der Waals surface area (Å²) in [6.07, 6.45) is 0.751. The van der Waals surface area contributed by atoms with Crippen molar-refractivity contribution in [2.75, 3.05) is 27.9 Å². The molecule has 5 heteroatoms. The maximum atomic E-state index is 13.4. The zero-order chi connectivity index (χ0) is 21.1. The summed E-state index contributed by atoms with van der Waals surface area (Å²) < 4.78 is 16.4. The summed E-state index contributed by atoms with van der Waals surface area (Å²) >= 11 is 0. The van der Waals surface area contributed by atoms with E-state index in [4.69, 9.17) is 14.2 Å². The van der Waals surface area contributed by atoms with Crippen molar-refractivity contribution in [1.29, 1.82) is 0 Å². The summed E-state index contributed by atoms with van der Waals surface area (Å²) in [4.78, 5) is 15.4. The molecule has 0 spiro atoms. The van der Waals surface area contributed by atoms with Crippen LogP contribution in [0.25, 0.3) is 0 Å². The third kappa shape index (κ3) is 3.59. The van der Waals surface area contributed by atoms with Crippen LogP contribution >= 0.6 is 0 Å². The smallest absolute Gasteiger partial charge is 0.254 e. The summed E-state index contributed by atoms with van der Waals surface area (Å²) in [7, 11) is 4.91. The van der Waals surface area contributed by atoms with Crippen LogP contribution in [0.5, 0.6) is 17.2 Å². The van der Waals surface area contributed by atoms with Gasteiger partial charge in [-0.1, -0.05) is 30.3 Å². The summed E-state index contributed by atoms with van der Waals surface area (Å²) in [6, 6.07) is 21.1. The first-order valence-electron chi connectivity index (χ1n) is 9.91. The number of rotatable bonds is 5. The Hall–Kier alpha value is -3.47. The van der Waals surface area contributed by atoms with Crippen LogP contribution in [-0.2, 0) is 6.42 Å². The molecule has 30 heavy (non-hydrogen) atoms. The molecular weight excluding hydrogens is 378 g/mol. The van der Waals surface area contributed by atoms with Gasteiger partial charge < -0.3 is 19.1 Å². The van der Waals surface area contributed by atoms with Crippen molar-refractivity contribution >= 4 is 5.91 Å². The van der Waals surface area contributed by atoms with Gasteiger partial charge in [0.15, 0.2) is 11.5 Å². The second kappa shape index (κ2) is 8.49. The minimum Gasteiger partial charge on any atom is -0.497 e. The Balaban J connectivity index is 1.84.